The molecule has 1 unspecified atom stereocenters. The van der Waals surface area contributed by atoms with Crippen LogP contribution in [0.15, 0.2) is 0 Å². The maximum absolute atomic E-state index is 11.3. The van der Waals surface area contributed by atoms with E-state index in [0.29, 0.717) is 19.3 Å². The average Bonchev–Trinajstić information content (AvgIpc) is 2.49. The molecule has 23 heavy (non-hydrogen) atoms. The minimum atomic E-state index is -1.59. The smallest absolute Gasteiger partial charge is 0.335 e. The average molecular weight is 330 g/mol. The molecule has 0 aliphatic carbocycles. The van der Waals surface area contributed by atoms with Crippen molar-refractivity contribution in [3.05, 3.63) is 0 Å². The van der Waals surface area contributed by atoms with Gasteiger partial charge in [0.25, 0.3) is 0 Å². The van der Waals surface area contributed by atoms with Crippen molar-refractivity contribution in [2.45, 2.75) is 102 Å². The van der Waals surface area contributed by atoms with Crippen LogP contribution in [0.25, 0.3) is 0 Å². The van der Waals surface area contributed by atoms with Crippen LogP contribution in [0.4, 0.5) is 0 Å². The van der Waals surface area contributed by atoms with E-state index in [0.717, 1.165) is 38.5 Å². The SMILES string of the molecule is CCCCCCCCC(O)(CCCCCCCC(=O)O)C(=O)O. The Labute approximate surface area is 140 Å². The predicted molar refractivity (Wildman–Crippen MR) is 90.5 cm³/mol. The molecule has 5 heteroatoms. The molecule has 0 saturated heterocycles. The van der Waals surface area contributed by atoms with Gasteiger partial charge in [-0.05, 0) is 32.1 Å². The van der Waals surface area contributed by atoms with Crippen molar-refractivity contribution in [3.63, 3.8) is 0 Å². The molecular formula is C18H34O5. The minimum Gasteiger partial charge on any atom is -0.481 e. The highest BCUT2D eigenvalue weighted by atomic mass is 16.4. The monoisotopic (exact) mass is 330 g/mol. The fourth-order valence-corrected chi connectivity index (χ4v) is 2.76. The third kappa shape index (κ3) is 12.0. The third-order valence-electron chi connectivity index (χ3n) is 4.32. The second-order valence-electron chi connectivity index (χ2n) is 6.52. The number of carboxylic acid groups (broad SMARTS) is 2. The standard InChI is InChI=1S/C18H34O5/c1-2-3-4-5-8-11-14-18(23,17(21)22)15-12-9-6-7-10-13-16(19)20/h23H,2-15H2,1H3,(H,19,20)(H,21,22). The molecule has 0 amide bonds. The molecule has 3 N–H and O–H groups in total. The van der Waals surface area contributed by atoms with Gasteiger partial charge in [-0.15, -0.1) is 0 Å². The van der Waals surface area contributed by atoms with Crippen LogP contribution in [0.1, 0.15) is 96.8 Å². The predicted octanol–water partition coefficient (Wildman–Crippen LogP) is 4.37. The molecule has 0 saturated carbocycles. The molecule has 0 heterocycles. The van der Waals surface area contributed by atoms with Crippen LogP contribution in [0, 0.1) is 0 Å². The van der Waals surface area contributed by atoms with Crippen LogP contribution >= 0.6 is 0 Å². The summed E-state index contributed by atoms with van der Waals surface area (Å²) >= 11 is 0. The first-order valence-electron chi connectivity index (χ1n) is 9.10. The Hall–Kier alpha value is -1.10. The van der Waals surface area contributed by atoms with Crippen LogP contribution in [0.5, 0.6) is 0 Å². The molecular weight excluding hydrogens is 296 g/mol. The zero-order chi connectivity index (χ0) is 17.6. The van der Waals surface area contributed by atoms with Crippen molar-refractivity contribution in [1.29, 1.82) is 0 Å². The van der Waals surface area contributed by atoms with Crippen LogP contribution in [-0.2, 0) is 9.59 Å². The molecule has 0 radical (unpaired) electrons. The number of rotatable bonds is 16. The van der Waals surface area contributed by atoms with E-state index in [1.165, 1.54) is 19.3 Å². The molecule has 5 nitrogen and oxygen atoms in total. The van der Waals surface area contributed by atoms with Crippen molar-refractivity contribution >= 4 is 11.9 Å². The van der Waals surface area contributed by atoms with E-state index in [9.17, 15) is 19.8 Å². The van der Waals surface area contributed by atoms with Gasteiger partial charge < -0.3 is 15.3 Å². The van der Waals surface area contributed by atoms with Gasteiger partial charge in [-0.2, -0.15) is 0 Å². The van der Waals surface area contributed by atoms with Crippen molar-refractivity contribution < 1.29 is 24.9 Å². The zero-order valence-electron chi connectivity index (χ0n) is 14.6. The molecule has 0 aliphatic heterocycles. The lowest BCUT2D eigenvalue weighted by atomic mass is 9.89. The Kier molecular flexibility index (Phi) is 12.7. The van der Waals surface area contributed by atoms with Gasteiger partial charge in [0, 0.05) is 6.42 Å². The summed E-state index contributed by atoms with van der Waals surface area (Å²) in [6.07, 6.45) is 11.1. The van der Waals surface area contributed by atoms with Gasteiger partial charge in [-0.3, -0.25) is 4.79 Å². The van der Waals surface area contributed by atoms with Gasteiger partial charge in [0.2, 0.25) is 0 Å². The van der Waals surface area contributed by atoms with Crippen molar-refractivity contribution in [2.75, 3.05) is 0 Å². The summed E-state index contributed by atoms with van der Waals surface area (Å²) in [4.78, 5) is 21.7. The number of hydrogen-bond acceptors (Lipinski definition) is 3. The van der Waals surface area contributed by atoms with E-state index in [-0.39, 0.29) is 12.8 Å². The topological polar surface area (TPSA) is 94.8 Å². The first-order chi connectivity index (χ1) is 10.9. The van der Waals surface area contributed by atoms with Gasteiger partial charge in [0.1, 0.15) is 0 Å². The fourth-order valence-electron chi connectivity index (χ4n) is 2.76. The van der Waals surface area contributed by atoms with E-state index in [1.807, 2.05) is 0 Å². The first-order valence-corrected chi connectivity index (χ1v) is 9.10. The number of aliphatic hydroxyl groups is 1. The zero-order valence-corrected chi connectivity index (χ0v) is 14.6. The Bertz CT molecular complexity index is 329. The second-order valence-corrected chi connectivity index (χ2v) is 6.52. The quantitative estimate of drug-likeness (QED) is 0.365. The van der Waals surface area contributed by atoms with Gasteiger partial charge in [-0.25, -0.2) is 4.79 Å². The lowest BCUT2D eigenvalue weighted by molar-refractivity contribution is -0.160. The molecule has 0 spiro atoms. The summed E-state index contributed by atoms with van der Waals surface area (Å²) in [6, 6.07) is 0. The summed E-state index contributed by atoms with van der Waals surface area (Å²) in [5.41, 5.74) is -1.59. The summed E-state index contributed by atoms with van der Waals surface area (Å²) in [7, 11) is 0. The molecule has 136 valence electrons. The van der Waals surface area contributed by atoms with Gasteiger partial charge in [0.15, 0.2) is 5.60 Å². The summed E-state index contributed by atoms with van der Waals surface area (Å²) < 4.78 is 0. The Balaban J connectivity index is 3.82. The molecule has 0 aromatic carbocycles. The van der Waals surface area contributed by atoms with E-state index in [1.54, 1.807) is 0 Å². The molecule has 1 atom stereocenters. The highest BCUT2D eigenvalue weighted by Crippen LogP contribution is 2.23. The van der Waals surface area contributed by atoms with E-state index >= 15 is 0 Å². The molecule has 0 fully saturated rings. The van der Waals surface area contributed by atoms with Gasteiger partial charge in [-0.1, -0.05) is 58.3 Å². The number of unbranched alkanes of at least 4 members (excludes halogenated alkanes) is 9. The summed E-state index contributed by atoms with van der Waals surface area (Å²) in [6.45, 7) is 2.16. The van der Waals surface area contributed by atoms with Crippen LogP contribution in [-0.4, -0.2) is 32.9 Å². The van der Waals surface area contributed by atoms with Crippen LogP contribution < -0.4 is 0 Å². The van der Waals surface area contributed by atoms with Crippen molar-refractivity contribution in [3.8, 4) is 0 Å². The summed E-state index contributed by atoms with van der Waals surface area (Å²) in [5.74, 6) is -1.89. The lowest BCUT2D eigenvalue weighted by Crippen LogP contribution is -2.38. The maximum Gasteiger partial charge on any atom is 0.335 e. The fraction of sp³-hybridized carbons (Fsp3) is 0.889. The normalized spacial score (nSPS) is 13.7. The summed E-state index contributed by atoms with van der Waals surface area (Å²) in [5, 5.41) is 28.1. The largest absolute Gasteiger partial charge is 0.481 e. The van der Waals surface area contributed by atoms with Crippen molar-refractivity contribution in [2.24, 2.45) is 0 Å². The number of carbonyl (C=O) groups is 2. The number of carboxylic acids is 2. The maximum atomic E-state index is 11.3. The highest BCUT2D eigenvalue weighted by Gasteiger charge is 2.34. The Morgan fingerprint density at radius 1 is 0.739 bits per heavy atom. The van der Waals surface area contributed by atoms with E-state index in [2.05, 4.69) is 6.92 Å². The molecule has 0 aliphatic rings. The van der Waals surface area contributed by atoms with Gasteiger partial charge >= 0.3 is 11.9 Å². The number of aliphatic carboxylic acids is 2. The molecule has 0 bridgehead atoms. The molecule has 0 aromatic rings. The van der Waals surface area contributed by atoms with E-state index < -0.39 is 17.5 Å². The minimum absolute atomic E-state index is 0.192. The van der Waals surface area contributed by atoms with E-state index in [4.69, 9.17) is 5.11 Å². The van der Waals surface area contributed by atoms with Crippen LogP contribution in [0.2, 0.25) is 0 Å². The lowest BCUT2D eigenvalue weighted by Gasteiger charge is -2.23. The van der Waals surface area contributed by atoms with Crippen LogP contribution in [0.3, 0.4) is 0 Å². The molecule has 0 aromatic heterocycles. The Morgan fingerprint density at radius 3 is 1.61 bits per heavy atom. The van der Waals surface area contributed by atoms with Crippen molar-refractivity contribution in [1.82, 2.24) is 0 Å². The Morgan fingerprint density at radius 2 is 1.17 bits per heavy atom. The van der Waals surface area contributed by atoms with Gasteiger partial charge in [0.05, 0.1) is 0 Å². The second kappa shape index (κ2) is 13.3. The highest BCUT2D eigenvalue weighted by molar-refractivity contribution is 5.76. The number of hydrogen-bond donors (Lipinski definition) is 3. The third-order valence-corrected chi connectivity index (χ3v) is 4.32. The first kappa shape index (κ1) is 21.9. The molecule has 0 rings (SSSR count).